The summed E-state index contributed by atoms with van der Waals surface area (Å²) in [5.41, 5.74) is 4.68. The molecule has 6 nitrogen and oxygen atoms in total. The molecule has 0 saturated carbocycles. The first-order valence-corrected chi connectivity index (χ1v) is 16.3. The van der Waals surface area contributed by atoms with Gasteiger partial charge in [0.05, 0.1) is 15.7 Å². The smallest absolute Gasteiger partial charge is 0.235 e. The standard InChI is InChI=1S/C39H30N6S/c1-39(26-15-7-4-8-16-26)43-36(42-37(44(39)2)25-13-5-3-6-14-25)31-23-24-40-38(41-31)45-32-19-11-9-17-27(32)29-21-22-30-28-18-10-12-20-33(28)46-35(30)34(29)45/h3-24,37H,1-2H3,(H,42,43). The maximum Gasteiger partial charge on any atom is 0.235 e. The van der Waals surface area contributed by atoms with Crippen LogP contribution in [0.4, 0.5) is 0 Å². The first kappa shape index (κ1) is 27.0. The van der Waals surface area contributed by atoms with E-state index in [1.165, 1.54) is 30.9 Å². The lowest BCUT2D eigenvalue weighted by Gasteiger charge is -2.47. The summed E-state index contributed by atoms with van der Waals surface area (Å²) in [4.78, 5) is 17.7. The summed E-state index contributed by atoms with van der Waals surface area (Å²) in [7, 11) is 2.12. The number of hydrogen-bond acceptors (Lipinski definition) is 6. The number of hydrogen-bond donors (Lipinski definition) is 1. The highest BCUT2D eigenvalue weighted by molar-refractivity contribution is 7.26. The highest BCUT2D eigenvalue weighted by atomic mass is 32.1. The summed E-state index contributed by atoms with van der Waals surface area (Å²) in [5, 5.41) is 8.68. The van der Waals surface area contributed by atoms with Crippen molar-refractivity contribution in [2.75, 3.05) is 7.05 Å². The predicted octanol–water partition coefficient (Wildman–Crippen LogP) is 8.79. The number of nitrogens with zero attached hydrogens (tertiary/aromatic N) is 5. The van der Waals surface area contributed by atoms with Gasteiger partial charge in [-0.25, -0.2) is 15.0 Å². The van der Waals surface area contributed by atoms with Gasteiger partial charge in [0.2, 0.25) is 5.95 Å². The zero-order valence-corrected chi connectivity index (χ0v) is 26.2. The largest absolute Gasteiger partial charge is 0.347 e. The topological polar surface area (TPSA) is 58.3 Å². The molecule has 0 fully saturated rings. The van der Waals surface area contributed by atoms with Gasteiger partial charge in [0.15, 0.2) is 5.84 Å². The number of nitrogens with one attached hydrogen (secondary N) is 1. The molecule has 0 spiro atoms. The number of aromatic nitrogens is 3. The molecule has 0 amide bonds. The quantitative estimate of drug-likeness (QED) is 0.215. The molecule has 0 aliphatic carbocycles. The number of thiophene rings is 1. The minimum atomic E-state index is -0.542. The van der Waals surface area contributed by atoms with Crippen LogP contribution < -0.4 is 5.32 Å². The van der Waals surface area contributed by atoms with E-state index < -0.39 is 5.66 Å². The molecule has 222 valence electrons. The molecule has 1 aliphatic rings. The van der Waals surface area contributed by atoms with E-state index in [9.17, 15) is 0 Å². The van der Waals surface area contributed by atoms with Crippen LogP contribution in [0, 0.1) is 0 Å². The van der Waals surface area contributed by atoms with Gasteiger partial charge in [0.25, 0.3) is 0 Å². The fourth-order valence-corrected chi connectivity index (χ4v) is 8.16. The van der Waals surface area contributed by atoms with Gasteiger partial charge in [-0.2, -0.15) is 0 Å². The van der Waals surface area contributed by atoms with Crippen molar-refractivity contribution in [1.29, 1.82) is 0 Å². The Labute approximate surface area is 270 Å². The Balaban J connectivity index is 1.27. The third-order valence-corrected chi connectivity index (χ3v) is 10.6. The van der Waals surface area contributed by atoms with E-state index in [1.54, 1.807) is 0 Å². The number of fused-ring (bicyclic) bond motifs is 7. The van der Waals surface area contributed by atoms with Gasteiger partial charge in [0.1, 0.15) is 17.5 Å². The maximum atomic E-state index is 5.28. The van der Waals surface area contributed by atoms with Crippen LogP contribution in [-0.2, 0) is 5.66 Å². The van der Waals surface area contributed by atoms with Crippen LogP contribution in [0.5, 0.6) is 0 Å². The SMILES string of the molecule is CN1C(c2ccccc2)N=C(c2ccnc(-n3c4ccccc4c4ccc5c6ccccc6sc5c43)n2)NC1(C)c1ccccc1. The van der Waals surface area contributed by atoms with Gasteiger partial charge in [-0.3, -0.25) is 9.47 Å². The highest BCUT2D eigenvalue weighted by Gasteiger charge is 2.41. The monoisotopic (exact) mass is 614 g/mol. The molecule has 46 heavy (non-hydrogen) atoms. The maximum absolute atomic E-state index is 5.28. The molecule has 2 unspecified atom stereocenters. The Morgan fingerprint density at radius 2 is 1.41 bits per heavy atom. The zero-order valence-electron chi connectivity index (χ0n) is 25.4. The molecule has 1 aliphatic heterocycles. The average molecular weight is 615 g/mol. The molecule has 9 rings (SSSR count). The molecule has 2 atom stereocenters. The minimum Gasteiger partial charge on any atom is -0.347 e. The summed E-state index contributed by atoms with van der Waals surface area (Å²) in [6.07, 6.45) is 1.64. The van der Waals surface area contributed by atoms with Crippen LogP contribution in [0.2, 0.25) is 0 Å². The molecule has 5 aromatic carbocycles. The normalized spacial score (nSPS) is 18.7. The van der Waals surface area contributed by atoms with Crippen LogP contribution in [0.1, 0.15) is 29.9 Å². The van der Waals surface area contributed by atoms with E-state index in [-0.39, 0.29) is 6.17 Å². The molecule has 3 aromatic heterocycles. The van der Waals surface area contributed by atoms with Crippen molar-refractivity contribution >= 4 is 59.2 Å². The van der Waals surface area contributed by atoms with Crippen molar-refractivity contribution < 1.29 is 0 Å². The molecule has 8 aromatic rings. The number of rotatable bonds is 4. The van der Waals surface area contributed by atoms with E-state index in [0.717, 1.165) is 33.7 Å². The minimum absolute atomic E-state index is 0.215. The van der Waals surface area contributed by atoms with Crippen molar-refractivity contribution in [3.05, 3.63) is 150 Å². The Kier molecular flexibility index (Phi) is 6.06. The lowest BCUT2D eigenvalue weighted by molar-refractivity contribution is 0.0602. The van der Waals surface area contributed by atoms with E-state index in [2.05, 4.69) is 144 Å². The van der Waals surface area contributed by atoms with Crippen molar-refractivity contribution in [3.8, 4) is 5.95 Å². The third-order valence-electron chi connectivity index (χ3n) is 9.38. The van der Waals surface area contributed by atoms with Crippen LogP contribution in [0.15, 0.2) is 139 Å². The van der Waals surface area contributed by atoms with E-state index in [0.29, 0.717) is 5.95 Å². The molecular formula is C39H30N6S. The molecule has 7 heteroatoms. The van der Waals surface area contributed by atoms with Gasteiger partial charge in [0, 0.05) is 32.4 Å². The second-order valence-electron chi connectivity index (χ2n) is 12.0. The summed E-state index contributed by atoms with van der Waals surface area (Å²) >= 11 is 1.83. The molecule has 4 heterocycles. The molecular weight excluding hydrogens is 585 g/mol. The molecule has 0 radical (unpaired) electrons. The number of para-hydroxylation sites is 1. The Morgan fingerprint density at radius 1 is 0.717 bits per heavy atom. The fourth-order valence-electron chi connectivity index (χ4n) is 6.92. The Bertz CT molecular complexity index is 2450. The predicted molar refractivity (Wildman–Crippen MR) is 190 cm³/mol. The average Bonchev–Trinajstić information content (AvgIpc) is 3.66. The van der Waals surface area contributed by atoms with Gasteiger partial charge in [-0.15, -0.1) is 11.3 Å². The summed E-state index contributed by atoms with van der Waals surface area (Å²) in [6.45, 7) is 2.21. The van der Waals surface area contributed by atoms with Crippen LogP contribution in [0.25, 0.3) is 47.9 Å². The Hall–Kier alpha value is -5.37. The van der Waals surface area contributed by atoms with Crippen LogP contribution in [0.3, 0.4) is 0 Å². The molecule has 1 N–H and O–H groups in total. The third kappa shape index (κ3) is 4.02. The van der Waals surface area contributed by atoms with E-state index in [4.69, 9.17) is 15.0 Å². The lowest BCUT2D eigenvalue weighted by Crippen LogP contribution is -2.59. The van der Waals surface area contributed by atoms with Crippen molar-refractivity contribution in [3.63, 3.8) is 0 Å². The van der Waals surface area contributed by atoms with Crippen LogP contribution >= 0.6 is 11.3 Å². The second-order valence-corrected chi connectivity index (χ2v) is 13.0. The van der Waals surface area contributed by atoms with Gasteiger partial charge < -0.3 is 5.32 Å². The number of amidine groups is 1. The highest BCUT2D eigenvalue weighted by Crippen LogP contribution is 2.42. The van der Waals surface area contributed by atoms with Gasteiger partial charge in [-0.05, 0) is 43.3 Å². The molecule has 0 saturated heterocycles. The summed E-state index contributed by atoms with van der Waals surface area (Å²) in [6, 6.07) is 44.6. The Morgan fingerprint density at radius 3 is 2.24 bits per heavy atom. The fraction of sp³-hybridized carbons (Fsp3) is 0.103. The van der Waals surface area contributed by atoms with Crippen molar-refractivity contribution in [2.24, 2.45) is 4.99 Å². The van der Waals surface area contributed by atoms with Crippen LogP contribution in [-0.4, -0.2) is 32.3 Å². The van der Waals surface area contributed by atoms with Gasteiger partial charge in [-0.1, -0.05) is 109 Å². The lowest BCUT2D eigenvalue weighted by atomic mass is 9.96. The van der Waals surface area contributed by atoms with E-state index >= 15 is 0 Å². The van der Waals surface area contributed by atoms with Gasteiger partial charge >= 0.3 is 0 Å². The second kappa shape index (κ2) is 10.3. The number of aliphatic imine (C=N–C) groups is 1. The summed E-state index contributed by atoms with van der Waals surface area (Å²) in [5.74, 6) is 1.35. The summed E-state index contributed by atoms with van der Waals surface area (Å²) < 4.78 is 4.74. The van der Waals surface area contributed by atoms with Crippen molar-refractivity contribution in [1.82, 2.24) is 24.8 Å². The molecule has 0 bridgehead atoms. The van der Waals surface area contributed by atoms with E-state index in [1.807, 2.05) is 29.7 Å². The van der Waals surface area contributed by atoms with Crippen molar-refractivity contribution in [2.45, 2.75) is 18.8 Å². The zero-order chi connectivity index (χ0) is 30.8. The first-order valence-electron chi connectivity index (χ1n) is 15.5. The first-order chi connectivity index (χ1) is 22.6. The number of benzene rings is 5.